The van der Waals surface area contributed by atoms with Crippen LogP contribution in [-0.2, 0) is 14.2 Å². The van der Waals surface area contributed by atoms with Gasteiger partial charge in [-0.05, 0) is 81.5 Å². The van der Waals surface area contributed by atoms with Gasteiger partial charge in [-0.1, -0.05) is 45.8 Å². The molecule has 0 aromatic carbocycles. The Morgan fingerprint density at radius 2 is 1.71 bits per heavy atom. The standard InChI is InChI=1S/C30H46O5/c1-16-14-19-23(26(4,5)32)35-30(34-19)22(16)27(6)12-10-18-17(28(27,7)24(30)31)8-9-20-25(2,3)21-11-13-29(18,20)15-33-21/h16,19-24,31-32H,8-15H2,1-7H3/t16-,19?,20+,21?,22?,23?,24?,27+,28?,29?,30?/m0/s1. The molecule has 8 unspecified atom stereocenters. The normalized spacial score (nSPS) is 58.0. The molecule has 0 aromatic rings. The van der Waals surface area contributed by atoms with Crippen LogP contribution in [0.25, 0.3) is 0 Å². The molecule has 11 atom stereocenters. The van der Waals surface area contributed by atoms with Gasteiger partial charge in [-0.3, -0.25) is 0 Å². The second-order valence-corrected chi connectivity index (χ2v) is 15.1. The first-order valence-electron chi connectivity index (χ1n) is 14.3. The van der Waals surface area contributed by atoms with E-state index in [1.54, 1.807) is 5.57 Å². The van der Waals surface area contributed by atoms with Crippen molar-refractivity contribution in [1.82, 2.24) is 0 Å². The molecule has 4 aliphatic carbocycles. The van der Waals surface area contributed by atoms with E-state index in [1.165, 1.54) is 18.4 Å². The van der Waals surface area contributed by atoms with E-state index >= 15 is 0 Å². The summed E-state index contributed by atoms with van der Waals surface area (Å²) in [5.74, 6) is 0.104. The topological polar surface area (TPSA) is 68.2 Å². The van der Waals surface area contributed by atoms with Crippen LogP contribution in [0.15, 0.2) is 11.1 Å². The maximum absolute atomic E-state index is 12.4. The smallest absolute Gasteiger partial charge is 0.199 e. The molecule has 2 spiro atoms. The lowest BCUT2D eigenvalue weighted by molar-refractivity contribution is -0.280. The fraction of sp³-hybridized carbons (Fsp3) is 0.933. The number of fused-ring (bicyclic) bond motifs is 6. The highest BCUT2D eigenvalue weighted by molar-refractivity contribution is 5.43. The quantitative estimate of drug-likeness (QED) is 0.511. The van der Waals surface area contributed by atoms with Crippen LogP contribution < -0.4 is 0 Å². The van der Waals surface area contributed by atoms with Gasteiger partial charge >= 0.3 is 0 Å². The van der Waals surface area contributed by atoms with Gasteiger partial charge in [-0.25, -0.2) is 0 Å². The summed E-state index contributed by atoms with van der Waals surface area (Å²) < 4.78 is 20.1. The first-order valence-corrected chi connectivity index (χ1v) is 14.3. The van der Waals surface area contributed by atoms with Gasteiger partial charge in [0.15, 0.2) is 5.79 Å². The number of rotatable bonds is 1. The summed E-state index contributed by atoms with van der Waals surface area (Å²) in [4.78, 5) is 0. The molecule has 4 saturated heterocycles. The predicted octanol–water partition coefficient (Wildman–Crippen LogP) is 4.99. The fourth-order valence-corrected chi connectivity index (χ4v) is 11.5. The molecule has 8 rings (SSSR count). The van der Waals surface area contributed by atoms with Crippen molar-refractivity contribution in [3.63, 3.8) is 0 Å². The Labute approximate surface area is 211 Å². The number of ether oxygens (including phenoxy) is 3. The van der Waals surface area contributed by atoms with Crippen molar-refractivity contribution in [2.24, 2.45) is 39.4 Å². The second-order valence-electron chi connectivity index (χ2n) is 15.1. The van der Waals surface area contributed by atoms with Crippen LogP contribution in [-0.4, -0.2) is 52.6 Å². The summed E-state index contributed by atoms with van der Waals surface area (Å²) in [7, 11) is 0. The Kier molecular flexibility index (Phi) is 4.44. The zero-order valence-electron chi connectivity index (χ0n) is 22.8. The van der Waals surface area contributed by atoms with Crippen molar-refractivity contribution in [3.8, 4) is 0 Å². The lowest BCUT2D eigenvalue weighted by atomic mass is 9.42. The Hall–Kier alpha value is -0.460. The van der Waals surface area contributed by atoms with E-state index in [-0.39, 0.29) is 28.3 Å². The van der Waals surface area contributed by atoms with Crippen molar-refractivity contribution in [2.75, 3.05) is 6.61 Å². The molecule has 196 valence electrons. The molecule has 0 aromatic heterocycles. The van der Waals surface area contributed by atoms with E-state index in [0.717, 1.165) is 38.7 Å². The van der Waals surface area contributed by atoms with Gasteiger partial charge < -0.3 is 24.4 Å². The molecule has 0 radical (unpaired) electrons. The lowest BCUT2D eigenvalue weighted by Gasteiger charge is -2.66. The van der Waals surface area contributed by atoms with Crippen molar-refractivity contribution in [2.45, 2.75) is 129 Å². The van der Waals surface area contributed by atoms with Crippen LogP contribution in [0.3, 0.4) is 0 Å². The third-order valence-electron chi connectivity index (χ3n) is 13.0. The van der Waals surface area contributed by atoms with E-state index in [4.69, 9.17) is 14.2 Å². The Morgan fingerprint density at radius 1 is 0.971 bits per heavy atom. The van der Waals surface area contributed by atoms with E-state index < -0.39 is 29.0 Å². The van der Waals surface area contributed by atoms with Gasteiger partial charge in [0.25, 0.3) is 0 Å². The molecule has 5 nitrogen and oxygen atoms in total. The Morgan fingerprint density at radius 3 is 2.37 bits per heavy atom. The molecular formula is C30H46O5. The van der Waals surface area contributed by atoms with Crippen molar-refractivity contribution in [3.05, 3.63) is 11.1 Å². The van der Waals surface area contributed by atoms with Crippen molar-refractivity contribution >= 4 is 0 Å². The zero-order valence-corrected chi connectivity index (χ0v) is 22.8. The molecule has 4 heterocycles. The van der Waals surface area contributed by atoms with Gasteiger partial charge in [0.2, 0.25) is 0 Å². The van der Waals surface area contributed by atoms with E-state index in [0.29, 0.717) is 17.9 Å². The molecule has 8 aliphatic rings. The lowest BCUT2D eigenvalue weighted by Crippen LogP contribution is -2.63. The van der Waals surface area contributed by atoms with Crippen LogP contribution in [0.1, 0.15) is 93.4 Å². The van der Waals surface area contributed by atoms with E-state index in [9.17, 15) is 10.2 Å². The number of aliphatic hydroxyl groups is 2. The summed E-state index contributed by atoms with van der Waals surface area (Å²) in [6.45, 7) is 16.4. The van der Waals surface area contributed by atoms with Gasteiger partial charge in [-0.15, -0.1) is 0 Å². The molecule has 4 aliphatic heterocycles. The summed E-state index contributed by atoms with van der Waals surface area (Å²) in [6, 6.07) is 0. The first kappa shape index (κ1) is 23.6. The number of aliphatic hydroxyl groups excluding tert-OH is 1. The molecule has 0 amide bonds. The Bertz CT molecular complexity index is 985. The molecule has 6 fully saturated rings. The van der Waals surface area contributed by atoms with Gasteiger partial charge in [0, 0.05) is 16.7 Å². The van der Waals surface area contributed by atoms with Crippen LogP contribution in [0.5, 0.6) is 0 Å². The van der Waals surface area contributed by atoms with Crippen LogP contribution in [0.4, 0.5) is 0 Å². The third kappa shape index (κ3) is 2.41. The minimum absolute atomic E-state index is 0.109. The molecule has 5 heteroatoms. The van der Waals surface area contributed by atoms with Gasteiger partial charge in [-0.2, -0.15) is 0 Å². The van der Waals surface area contributed by atoms with Crippen LogP contribution in [0.2, 0.25) is 0 Å². The third-order valence-corrected chi connectivity index (χ3v) is 13.0. The van der Waals surface area contributed by atoms with Crippen molar-refractivity contribution in [1.29, 1.82) is 0 Å². The molecule has 35 heavy (non-hydrogen) atoms. The maximum Gasteiger partial charge on any atom is 0.199 e. The maximum atomic E-state index is 12.4. The van der Waals surface area contributed by atoms with E-state index in [1.807, 2.05) is 13.8 Å². The minimum Gasteiger partial charge on any atom is -0.388 e. The summed E-state index contributed by atoms with van der Waals surface area (Å²) in [5, 5.41) is 23.4. The highest BCUT2D eigenvalue weighted by Crippen LogP contribution is 2.77. The predicted molar refractivity (Wildman–Crippen MR) is 132 cm³/mol. The van der Waals surface area contributed by atoms with Gasteiger partial charge in [0.05, 0.1) is 24.4 Å². The highest BCUT2D eigenvalue weighted by atomic mass is 16.8. The summed E-state index contributed by atoms with van der Waals surface area (Å²) in [6.07, 6.45) is 6.73. The average molecular weight is 487 g/mol. The summed E-state index contributed by atoms with van der Waals surface area (Å²) >= 11 is 0. The molecule has 4 bridgehead atoms. The van der Waals surface area contributed by atoms with E-state index in [2.05, 4.69) is 34.6 Å². The van der Waals surface area contributed by atoms with Crippen LogP contribution in [0, 0.1) is 39.4 Å². The zero-order chi connectivity index (χ0) is 25.0. The number of hydrogen-bond acceptors (Lipinski definition) is 5. The largest absolute Gasteiger partial charge is 0.388 e. The monoisotopic (exact) mass is 486 g/mol. The SMILES string of the molecule is C[C@H]1CC2OC3(OC2C(C)(C)O)C(O)C2(C)C4=C(CC[C@]2(C)C13)C12CCC(OC1)C(C)(C)[C@H]2CC4. The minimum atomic E-state index is -1.03. The second kappa shape index (κ2) is 6.57. The van der Waals surface area contributed by atoms with Gasteiger partial charge in [0.1, 0.15) is 12.2 Å². The molecule has 2 N–H and O–H groups in total. The fourth-order valence-electron chi connectivity index (χ4n) is 11.5. The van der Waals surface area contributed by atoms with Crippen molar-refractivity contribution < 1.29 is 24.4 Å². The number of hydrogen-bond donors (Lipinski definition) is 2. The Balaban J connectivity index is 1.39. The molecule has 2 saturated carbocycles. The summed E-state index contributed by atoms with van der Waals surface area (Å²) in [5.41, 5.74) is 1.93. The van der Waals surface area contributed by atoms with Crippen LogP contribution >= 0.6 is 0 Å². The highest BCUT2D eigenvalue weighted by Gasteiger charge is 2.80. The average Bonchev–Trinajstić information content (AvgIpc) is 3.17. The molecular weight excluding hydrogens is 440 g/mol. The first-order chi connectivity index (χ1) is 16.2.